The molecule has 1 aromatic carbocycles. The molecular weight excluding hydrogens is 356 g/mol. The molecule has 0 spiro atoms. The lowest BCUT2D eigenvalue weighted by molar-refractivity contribution is 0.00947. The van der Waals surface area contributed by atoms with Gasteiger partial charge in [0.05, 0.1) is 12.7 Å². The van der Waals surface area contributed by atoms with Crippen molar-refractivity contribution < 1.29 is 14.1 Å². The van der Waals surface area contributed by atoms with E-state index >= 15 is 0 Å². The van der Waals surface area contributed by atoms with Crippen molar-refractivity contribution >= 4 is 5.91 Å². The third-order valence-electron chi connectivity index (χ3n) is 4.82. The highest BCUT2D eigenvalue weighted by Crippen LogP contribution is 2.18. The maximum absolute atomic E-state index is 12.5. The van der Waals surface area contributed by atoms with E-state index in [0.717, 1.165) is 18.4 Å². The molecule has 1 aliphatic rings. The van der Waals surface area contributed by atoms with Crippen LogP contribution in [-0.2, 0) is 11.2 Å². The summed E-state index contributed by atoms with van der Waals surface area (Å²) < 4.78 is 11.3. The van der Waals surface area contributed by atoms with Gasteiger partial charge in [-0.05, 0) is 37.1 Å². The summed E-state index contributed by atoms with van der Waals surface area (Å²) in [5.74, 6) is 1.23. The van der Waals surface area contributed by atoms with E-state index in [-0.39, 0.29) is 12.0 Å². The summed E-state index contributed by atoms with van der Waals surface area (Å²) in [5.41, 5.74) is 1.59. The fraction of sp³-hybridized carbons (Fsp3) is 0.333. The van der Waals surface area contributed by atoms with E-state index in [2.05, 4.69) is 15.1 Å². The van der Waals surface area contributed by atoms with Crippen LogP contribution in [-0.4, -0.2) is 51.7 Å². The zero-order chi connectivity index (χ0) is 19.2. The largest absolute Gasteiger partial charge is 0.378 e. The number of hydrogen-bond acceptors (Lipinski definition) is 6. The highest BCUT2D eigenvalue weighted by molar-refractivity contribution is 5.94. The Labute approximate surface area is 163 Å². The first-order valence-electron chi connectivity index (χ1n) is 9.48. The molecule has 0 radical (unpaired) electrons. The molecule has 1 aliphatic heterocycles. The van der Waals surface area contributed by atoms with E-state index in [1.807, 2.05) is 35.2 Å². The highest BCUT2D eigenvalue weighted by atomic mass is 16.5. The molecule has 1 amide bonds. The molecule has 1 fully saturated rings. The van der Waals surface area contributed by atoms with Gasteiger partial charge in [0.15, 0.2) is 5.82 Å². The van der Waals surface area contributed by atoms with Gasteiger partial charge in [0.2, 0.25) is 0 Å². The first-order valence-corrected chi connectivity index (χ1v) is 9.48. The molecule has 1 saturated heterocycles. The normalized spacial score (nSPS) is 14.9. The SMILES string of the molecule is O=C(c1ccncc1)N1CCC(OCCc2noc(-c3ccccc3)n2)CC1. The fourth-order valence-corrected chi connectivity index (χ4v) is 3.27. The molecule has 0 unspecified atom stereocenters. The summed E-state index contributed by atoms with van der Waals surface area (Å²) in [6.45, 7) is 1.94. The number of amides is 1. The first-order chi connectivity index (χ1) is 13.8. The van der Waals surface area contributed by atoms with Crippen molar-refractivity contribution in [3.63, 3.8) is 0 Å². The van der Waals surface area contributed by atoms with Crippen molar-refractivity contribution in [2.45, 2.75) is 25.4 Å². The molecule has 3 aromatic rings. The molecule has 7 heteroatoms. The van der Waals surface area contributed by atoms with E-state index in [9.17, 15) is 4.79 Å². The molecule has 0 saturated carbocycles. The van der Waals surface area contributed by atoms with E-state index in [0.29, 0.717) is 43.4 Å². The van der Waals surface area contributed by atoms with Gasteiger partial charge in [-0.3, -0.25) is 9.78 Å². The van der Waals surface area contributed by atoms with Gasteiger partial charge < -0.3 is 14.2 Å². The van der Waals surface area contributed by atoms with Gasteiger partial charge in [-0.1, -0.05) is 23.4 Å². The third kappa shape index (κ3) is 4.43. The van der Waals surface area contributed by atoms with Crippen LogP contribution in [0.25, 0.3) is 11.5 Å². The lowest BCUT2D eigenvalue weighted by Crippen LogP contribution is -2.41. The average molecular weight is 378 g/mol. The van der Waals surface area contributed by atoms with Crippen LogP contribution in [0, 0.1) is 0 Å². The minimum atomic E-state index is 0.0566. The topological polar surface area (TPSA) is 81.4 Å². The van der Waals surface area contributed by atoms with Gasteiger partial charge in [-0.15, -0.1) is 0 Å². The van der Waals surface area contributed by atoms with E-state index < -0.39 is 0 Å². The quantitative estimate of drug-likeness (QED) is 0.656. The summed E-state index contributed by atoms with van der Waals surface area (Å²) in [4.78, 5) is 22.7. The predicted octanol–water partition coefficient (Wildman–Crippen LogP) is 3.00. The molecule has 2 aromatic heterocycles. The molecule has 0 bridgehead atoms. The summed E-state index contributed by atoms with van der Waals surface area (Å²) in [6, 6.07) is 13.2. The lowest BCUT2D eigenvalue weighted by atomic mass is 10.1. The van der Waals surface area contributed by atoms with Crippen molar-refractivity contribution in [2.24, 2.45) is 0 Å². The Kier molecular flexibility index (Phi) is 5.72. The number of pyridine rings is 1. The zero-order valence-corrected chi connectivity index (χ0v) is 15.5. The monoisotopic (exact) mass is 378 g/mol. The van der Waals surface area contributed by atoms with Crippen molar-refractivity contribution in [1.82, 2.24) is 20.0 Å². The van der Waals surface area contributed by atoms with E-state index in [1.54, 1.807) is 24.5 Å². The summed E-state index contributed by atoms with van der Waals surface area (Å²) in [6.07, 6.45) is 5.71. The number of likely N-dealkylation sites (tertiary alicyclic amines) is 1. The second kappa shape index (κ2) is 8.75. The number of piperidine rings is 1. The van der Waals surface area contributed by atoms with Crippen molar-refractivity contribution in [3.05, 3.63) is 66.2 Å². The van der Waals surface area contributed by atoms with Crippen molar-refractivity contribution in [1.29, 1.82) is 0 Å². The Bertz CT molecular complexity index is 890. The summed E-state index contributed by atoms with van der Waals surface area (Å²) >= 11 is 0. The number of carbonyl (C=O) groups is 1. The summed E-state index contributed by atoms with van der Waals surface area (Å²) in [7, 11) is 0. The number of benzene rings is 1. The minimum Gasteiger partial charge on any atom is -0.378 e. The Balaban J connectivity index is 1.21. The molecule has 0 atom stereocenters. The zero-order valence-electron chi connectivity index (χ0n) is 15.5. The lowest BCUT2D eigenvalue weighted by Gasteiger charge is -2.32. The van der Waals surface area contributed by atoms with Gasteiger partial charge in [0, 0.05) is 43.0 Å². The molecule has 28 heavy (non-hydrogen) atoms. The van der Waals surface area contributed by atoms with Crippen LogP contribution in [0.4, 0.5) is 0 Å². The number of nitrogens with zero attached hydrogens (tertiary/aromatic N) is 4. The van der Waals surface area contributed by atoms with Crippen LogP contribution in [0.5, 0.6) is 0 Å². The molecule has 0 N–H and O–H groups in total. The van der Waals surface area contributed by atoms with Crippen LogP contribution in [0.2, 0.25) is 0 Å². The van der Waals surface area contributed by atoms with Crippen LogP contribution in [0.1, 0.15) is 29.0 Å². The number of carbonyl (C=O) groups excluding carboxylic acids is 1. The Hall–Kier alpha value is -3.06. The molecule has 7 nitrogen and oxygen atoms in total. The Morgan fingerprint density at radius 3 is 2.61 bits per heavy atom. The molecule has 0 aliphatic carbocycles. The van der Waals surface area contributed by atoms with Crippen molar-refractivity contribution in [2.75, 3.05) is 19.7 Å². The Morgan fingerprint density at radius 2 is 1.86 bits per heavy atom. The first kappa shape index (κ1) is 18.3. The van der Waals surface area contributed by atoms with E-state index in [4.69, 9.17) is 9.26 Å². The van der Waals surface area contributed by atoms with E-state index in [1.165, 1.54) is 0 Å². The van der Waals surface area contributed by atoms with Gasteiger partial charge in [0.25, 0.3) is 11.8 Å². The van der Waals surface area contributed by atoms with Gasteiger partial charge in [-0.2, -0.15) is 4.98 Å². The van der Waals surface area contributed by atoms with Crippen LogP contribution in [0.15, 0.2) is 59.4 Å². The molecule has 3 heterocycles. The number of rotatable bonds is 6. The second-order valence-corrected chi connectivity index (χ2v) is 6.73. The maximum Gasteiger partial charge on any atom is 0.257 e. The highest BCUT2D eigenvalue weighted by Gasteiger charge is 2.24. The summed E-state index contributed by atoms with van der Waals surface area (Å²) in [5, 5.41) is 4.02. The van der Waals surface area contributed by atoms with Crippen LogP contribution >= 0.6 is 0 Å². The second-order valence-electron chi connectivity index (χ2n) is 6.73. The predicted molar refractivity (Wildman–Crippen MR) is 103 cm³/mol. The maximum atomic E-state index is 12.5. The van der Waals surface area contributed by atoms with Gasteiger partial charge in [0.1, 0.15) is 0 Å². The number of hydrogen-bond donors (Lipinski definition) is 0. The van der Waals surface area contributed by atoms with Gasteiger partial charge in [-0.25, -0.2) is 0 Å². The van der Waals surface area contributed by atoms with Crippen LogP contribution < -0.4 is 0 Å². The van der Waals surface area contributed by atoms with Crippen LogP contribution in [0.3, 0.4) is 0 Å². The molecule has 144 valence electrons. The number of aromatic nitrogens is 3. The third-order valence-corrected chi connectivity index (χ3v) is 4.82. The standard InChI is InChI=1S/C21H22N4O3/c26-21(17-6-11-22-12-7-17)25-13-8-18(9-14-25)27-15-10-19-23-20(28-24-19)16-4-2-1-3-5-16/h1-7,11-12,18H,8-10,13-15H2. The Morgan fingerprint density at radius 1 is 1.11 bits per heavy atom. The average Bonchev–Trinajstić information content (AvgIpc) is 3.24. The molecular formula is C21H22N4O3. The minimum absolute atomic E-state index is 0.0566. The fourth-order valence-electron chi connectivity index (χ4n) is 3.27. The number of ether oxygens (including phenoxy) is 1. The van der Waals surface area contributed by atoms with Gasteiger partial charge >= 0.3 is 0 Å². The smallest absolute Gasteiger partial charge is 0.257 e. The molecule has 4 rings (SSSR count). The van der Waals surface area contributed by atoms with Crippen molar-refractivity contribution in [3.8, 4) is 11.5 Å².